The van der Waals surface area contributed by atoms with Crippen LogP contribution < -0.4 is 5.32 Å². The molecule has 120 valence electrons. The fourth-order valence-electron chi connectivity index (χ4n) is 3.19. The maximum absolute atomic E-state index is 12.7. The molecule has 2 aromatic rings. The second kappa shape index (κ2) is 6.19. The lowest BCUT2D eigenvalue weighted by Gasteiger charge is -2.21. The molecule has 2 bridgehead atoms. The van der Waals surface area contributed by atoms with Crippen LogP contribution in [0, 0.1) is 12.8 Å². The number of ether oxygens (including phenoxy) is 1. The molecule has 0 aromatic carbocycles. The van der Waals surface area contributed by atoms with Crippen LogP contribution in [0.25, 0.3) is 0 Å². The Bertz CT molecular complexity index is 723. The zero-order chi connectivity index (χ0) is 15.8. The first-order chi connectivity index (χ1) is 11.2. The third kappa shape index (κ3) is 3.11. The molecule has 23 heavy (non-hydrogen) atoms. The lowest BCUT2D eigenvalue weighted by molar-refractivity contribution is -0.126. The highest BCUT2D eigenvalue weighted by Crippen LogP contribution is 2.34. The fourth-order valence-corrected chi connectivity index (χ4v) is 4.71. The Labute approximate surface area is 143 Å². The lowest BCUT2D eigenvalue weighted by atomic mass is 9.93. The number of aryl methyl sites for hydroxylation is 1. The van der Waals surface area contributed by atoms with Crippen molar-refractivity contribution in [3.63, 3.8) is 0 Å². The van der Waals surface area contributed by atoms with Gasteiger partial charge in [-0.25, -0.2) is 4.98 Å². The first kappa shape index (κ1) is 15.1. The van der Waals surface area contributed by atoms with Gasteiger partial charge >= 0.3 is 0 Å². The second-order valence-electron chi connectivity index (χ2n) is 6.09. The Kier molecular flexibility index (Phi) is 4.05. The van der Waals surface area contributed by atoms with E-state index in [1.807, 2.05) is 18.4 Å². The predicted octanol–water partition coefficient (Wildman–Crippen LogP) is 3.26. The average Bonchev–Trinajstić information content (AvgIpc) is 3.31. The molecule has 4 rings (SSSR count). The van der Waals surface area contributed by atoms with Crippen molar-refractivity contribution >= 4 is 28.6 Å². The van der Waals surface area contributed by atoms with Crippen LogP contribution in [-0.2, 0) is 16.0 Å². The summed E-state index contributed by atoms with van der Waals surface area (Å²) in [6.45, 7) is 1.98. The normalized spacial score (nSPS) is 26.6. The van der Waals surface area contributed by atoms with E-state index in [0.717, 1.165) is 23.5 Å². The van der Waals surface area contributed by atoms with E-state index in [1.165, 1.54) is 5.56 Å². The van der Waals surface area contributed by atoms with Gasteiger partial charge in [-0.1, -0.05) is 12.2 Å². The number of aromatic nitrogens is 1. The summed E-state index contributed by atoms with van der Waals surface area (Å²) in [5.74, 6) is 0.00552. The van der Waals surface area contributed by atoms with Gasteiger partial charge in [0, 0.05) is 17.5 Å². The number of thiazole rings is 1. The lowest BCUT2D eigenvalue weighted by Crippen LogP contribution is -2.38. The van der Waals surface area contributed by atoms with Crippen molar-refractivity contribution < 1.29 is 9.53 Å². The van der Waals surface area contributed by atoms with Crippen molar-refractivity contribution in [1.82, 2.24) is 10.3 Å². The summed E-state index contributed by atoms with van der Waals surface area (Å²) in [5, 5.41) is 10.4. The molecule has 0 unspecified atom stereocenters. The van der Waals surface area contributed by atoms with Gasteiger partial charge in [-0.3, -0.25) is 4.79 Å². The number of rotatable bonds is 5. The van der Waals surface area contributed by atoms with Crippen molar-refractivity contribution in [3.8, 4) is 0 Å². The Balaban J connectivity index is 1.51. The highest BCUT2D eigenvalue weighted by molar-refractivity contribution is 7.09. The molecule has 6 heteroatoms. The van der Waals surface area contributed by atoms with Crippen LogP contribution in [0.4, 0.5) is 0 Å². The maximum atomic E-state index is 12.7. The average molecular weight is 346 g/mol. The van der Waals surface area contributed by atoms with Gasteiger partial charge in [-0.15, -0.1) is 11.3 Å². The monoisotopic (exact) mass is 346 g/mol. The Hall–Kier alpha value is -1.50. The topological polar surface area (TPSA) is 51.2 Å². The molecule has 1 N–H and O–H groups in total. The first-order valence-corrected chi connectivity index (χ1v) is 9.58. The molecule has 4 heterocycles. The second-order valence-corrected chi connectivity index (χ2v) is 7.76. The number of hydrogen-bond donors (Lipinski definition) is 1. The zero-order valence-electron chi connectivity index (χ0n) is 12.8. The van der Waals surface area contributed by atoms with Crippen LogP contribution in [0.2, 0.25) is 0 Å². The molecule has 0 aliphatic carbocycles. The van der Waals surface area contributed by atoms with Gasteiger partial charge in [0.25, 0.3) is 0 Å². The fraction of sp³-hybridized carbons (Fsp3) is 0.412. The van der Waals surface area contributed by atoms with Crippen molar-refractivity contribution in [3.05, 3.63) is 50.6 Å². The predicted molar refractivity (Wildman–Crippen MR) is 91.7 cm³/mol. The quantitative estimate of drug-likeness (QED) is 0.846. The Morgan fingerprint density at radius 1 is 1.48 bits per heavy atom. The summed E-state index contributed by atoms with van der Waals surface area (Å²) in [6.07, 6.45) is 5.70. The van der Waals surface area contributed by atoms with Gasteiger partial charge < -0.3 is 10.1 Å². The number of nitrogens with one attached hydrogen (secondary N) is 1. The summed E-state index contributed by atoms with van der Waals surface area (Å²) in [7, 11) is 0. The van der Waals surface area contributed by atoms with E-state index in [0.29, 0.717) is 0 Å². The van der Waals surface area contributed by atoms with E-state index in [-0.39, 0.29) is 30.1 Å². The molecule has 0 spiro atoms. The third-order valence-electron chi connectivity index (χ3n) is 4.34. The van der Waals surface area contributed by atoms with Crippen molar-refractivity contribution in [2.24, 2.45) is 5.92 Å². The van der Waals surface area contributed by atoms with Crippen LogP contribution in [0.1, 0.15) is 28.7 Å². The number of carbonyl (C=O) groups is 1. The van der Waals surface area contributed by atoms with Gasteiger partial charge in [0.15, 0.2) is 0 Å². The summed E-state index contributed by atoms with van der Waals surface area (Å²) in [6, 6.07) is 2.03. The maximum Gasteiger partial charge on any atom is 0.226 e. The van der Waals surface area contributed by atoms with E-state index in [4.69, 9.17) is 4.74 Å². The molecule has 0 saturated carbocycles. The van der Waals surface area contributed by atoms with Crippen LogP contribution in [0.15, 0.2) is 34.4 Å². The SMILES string of the molecule is Cc1csc([C@H](Cc2ccsc2)NC(=O)[C@@H]2C[C@@H]3C=C[C@@H]2O3)n1. The minimum atomic E-state index is -0.0731. The van der Waals surface area contributed by atoms with Gasteiger partial charge in [0.05, 0.1) is 24.2 Å². The molecular weight excluding hydrogens is 328 g/mol. The van der Waals surface area contributed by atoms with Gasteiger partial charge in [0.2, 0.25) is 5.91 Å². The van der Waals surface area contributed by atoms with Gasteiger partial charge in [-0.05, 0) is 35.7 Å². The highest BCUT2D eigenvalue weighted by atomic mass is 32.1. The molecule has 2 aliphatic rings. The summed E-state index contributed by atoms with van der Waals surface area (Å²) < 4.78 is 5.72. The number of fused-ring (bicyclic) bond motifs is 2. The van der Waals surface area contributed by atoms with E-state index < -0.39 is 0 Å². The van der Waals surface area contributed by atoms with E-state index in [9.17, 15) is 4.79 Å². The van der Waals surface area contributed by atoms with Gasteiger partial charge in [-0.2, -0.15) is 11.3 Å². The van der Waals surface area contributed by atoms with Gasteiger partial charge in [0.1, 0.15) is 5.01 Å². The highest BCUT2D eigenvalue weighted by Gasteiger charge is 2.41. The number of amides is 1. The Morgan fingerprint density at radius 3 is 3.00 bits per heavy atom. The molecule has 4 nitrogen and oxygen atoms in total. The molecule has 0 radical (unpaired) electrons. The number of thiophene rings is 1. The number of nitrogens with zero attached hydrogens (tertiary/aromatic N) is 1. The van der Waals surface area contributed by atoms with Crippen molar-refractivity contribution in [2.75, 3.05) is 0 Å². The number of carbonyl (C=O) groups excluding carboxylic acids is 1. The van der Waals surface area contributed by atoms with Crippen molar-refractivity contribution in [2.45, 2.75) is 38.0 Å². The van der Waals surface area contributed by atoms with E-state index in [1.54, 1.807) is 22.7 Å². The minimum absolute atomic E-state index is 0.0557. The third-order valence-corrected chi connectivity index (χ3v) is 6.15. The molecule has 1 amide bonds. The molecule has 2 aliphatic heterocycles. The summed E-state index contributed by atoms with van der Waals surface area (Å²) >= 11 is 3.29. The van der Waals surface area contributed by atoms with E-state index in [2.05, 4.69) is 33.2 Å². The standard InChI is InChI=1S/C17H18N2O2S2/c1-10-8-23-17(18-10)14(6-11-4-5-22-9-11)19-16(20)13-7-12-2-3-15(13)21-12/h2-5,8-9,12-15H,6-7H2,1H3,(H,19,20)/t12-,13+,14-,15-/m0/s1. The summed E-state index contributed by atoms with van der Waals surface area (Å²) in [5.41, 5.74) is 2.23. The largest absolute Gasteiger partial charge is 0.366 e. The van der Waals surface area contributed by atoms with Crippen LogP contribution >= 0.6 is 22.7 Å². The molecule has 1 saturated heterocycles. The Morgan fingerprint density at radius 2 is 2.39 bits per heavy atom. The van der Waals surface area contributed by atoms with Crippen LogP contribution in [0.5, 0.6) is 0 Å². The molecular formula is C17H18N2O2S2. The summed E-state index contributed by atoms with van der Waals surface area (Å²) in [4.78, 5) is 17.3. The van der Waals surface area contributed by atoms with Crippen LogP contribution in [-0.4, -0.2) is 23.1 Å². The van der Waals surface area contributed by atoms with E-state index >= 15 is 0 Å². The molecule has 1 fully saturated rings. The first-order valence-electron chi connectivity index (χ1n) is 7.76. The smallest absolute Gasteiger partial charge is 0.226 e. The zero-order valence-corrected chi connectivity index (χ0v) is 14.4. The van der Waals surface area contributed by atoms with Crippen molar-refractivity contribution in [1.29, 1.82) is 0 Å². The van der Waals surface area contributed by atoms with Crippen LogP contribution in [0.3, 0.4) is 0 Å². The number of hydrogen-bond acceptors (Lipinski definition) is 5. The molecule has 2 aromatic heterocycles. The minimum Gasteiger partial charge on any atom is -0.366 e. The molecule has 4 atom stereocenters.